The summed E-state index contributed by atoms with van der Waals surface area (Å²) in [6.07, 6.45) is 26.4. The smallest absolute Gasteiger partial charge is 0.334 e. The van der Waals surface area contributed by atoms with Crippen LogP contribution in [0.3, 0.4) is 0 Å². The summed E-state index contributed by atoms with van der Waals surface area (Å²) < 4.78 is 11.1. The van der Waals surface area contributed by atoms with Crippen molar-refractivity contribution in [3.05, 3.63) is 23.8 Å². The molecule has 2 aliphatic rings. The van der Waals surface area contributed by atoms with Gasteiger partial charge in [-0.05, 0) is 77.2 Å². The number of aliphatic hydroxyl groups excluding tert-OH is 4. The van der Waals surface area contributed by atoms with Crippen molar-refractivity contribution in [2.75, 3.05) is 0 Å². The molecule has 7 nitrogen and oxygen atoms in total. The molecule has 256 valence electrons. The molecule has 0 aromatic rings. The molecule has 1 saturated heterocycles. The number of hydrogen-bond donors (Lipinski definition) is 4. The first-order valence-electron chi connectivity index (χ1n) is 18.2. The van der Waals surface area contributed by atoms with Gasteiger partial charge in [0, 0.05) is 12.0 Å². The Morgan fingerprint density at radius 1 is 0.727 bits per heavy atom. The predicted molar refractivity (Wildman–Crippen MR) is 177 cm³/mol. The number of aliphatic hydroxyl groups is 4. The quantitative estimate of drug-likeness (QED) is 0.0423. The third-order valence-electron chi connectivity index (χ3n) is 9.27. The average molecular weight is 623 g/mol. The van der Waals surface area contributed by atoms with E-state index in [1.807, 2.05) is 0 Å². The fourth-order valence-electron chi connectivity index (χ4n) is 6.48. The zero-order chi connectivity index (χ0) is 32.0. The highest BCUT2D eigenvalue weighted by Gasteiger charge is 2.33. The van der Waals surface area contributed by atoms with Crippen LogP contribution in [-0.4, -0.2) is 69.1 Å². The molecule has 7 heteroatoms. The second kappa shape index (κ2) is 24.0. The van der Waals surface area contributed by atoms with Gasteiger partial charge in [-0.25, -0.2) is 4.79 Å². The molecule has 4 N–H and O–H groups in total. The van der Waals surface area contributed by atoms with Gasteiger partial charge in [0.2, 0.25) is 0 Å². The number of unbranched alkanes of at least 4 members (excludes halogenated alkanes) is 12. The summed E-state index contributed by atoms with van der Waals surface area (Å²) in [7, 11) is 0. The number of carbonyl (C=O) groups excluding carboxylic acids is 1. The maximum Gasteiger partial charge on any atom is 0.334 e. The van der Waals surface area contributed by atoms with Crippen molar-refractivity contribution in [2.45, 2.75) is 204 Å². The number of cyclic esters (lactones) is 1. The molecule has 2 heterocycles. The SMILES string of the molecule is CCCCCCCCCCCC=CCC(O)C1CCC(C(O)CCCCCCC(O)CCCC(O)CC2=CC(C)OC2=O)O1. The number of rotatable bonds is 27. The zero-order valence-electron chi connectivity index (χ0n) is 28.1. The van der Waals surface area contributed by atoms with Gasteiger partial charge < -0.3 is 29.9 Å². The first-order chi connectivity index (χ1) is 21.3. The maximum atomic E-state index is 11.7. The van der Waals surface area contributed by atoms with Crippen LogP contribution in [0.2, 0.25) is 0 Å². The molecular formula is C37H66O7. The van der Waals surface area contributed by atoms with Crippen LogP contribution >= 0.6 is 0 Å². The van der Waals surface area contributed by atoms with E-state index in [2.05, 4.69) is 19.1 Å². The molecule has 0 spiro atoms. The highest BCUT2D eigenvalue weighted by molar-refractivity contribution is 5.90. The van der Waals surface area contributed by atoms with E-state index in [9.17, 15) is 25.2 Å². The van der Waals surface area contributed by atoms with E-state index in [1.54, 1.807) is 13.0 Å². The molecule has 1 fully saturated rings. The van der Waals surface area contributed by atoms with Crippen LogP contribution in [0.25, 0.3) is 0 Å². The second-order valence-corrected chi connectivity index (χ2v) is 13.5. The number of carbonyl (C=O) groups is 1. The van der Waals surface area contributed by atoms with Crippen LogP contribution in [0.4, 0.5) is 0 Å². The number of esters is 1. The molecule has 2 rings (SSSR count). The highest BCUT2D eigenvalue weighted by atomic mass is 16.5. The van der Waals surface area contributed by atoms with Crippen molar-refractivity contribution >= 4 is 5.97 Å². The summed E-state index contributed by atoms with van der Waals surface area (Å²) in [6, 6.07) is 0. The standard InChI is InChI=1S/C37H66O7/c1-3-4-5-6-7-8-9-10-11-12-13-17-23-33(40)35-25-26-36(44-35)34(41)24-18-15-14-16-20-31(38)21-19-22-32(39)28-30-27-29(2)43-37(30)42/h13,17,27,29,31-36,38-41H,3-12,14-16,18-26,28H2,1-2H3. The fourth-order valence-corrected chi connectivity index (χ4v) is 6.48. The topological polar surface area (TPSA) is 116 Å². The van der Waals surface area contributed by atoms with Gasteiger partial charge in [0.15, 0.2) is 0 Å². The Kier molecular flexibility index (Phi) is 21.2. The van der Waals surface area contributed by atoms with Gasteiger partial charge in [0.1, 0.15) is 6.10 Å². The van der Waals surface area contributed by atoms with Crippen molar-refractivity contribution in [1.29, 1.82) is 0 Å². The van der Waals surface area contributed by atoms with Crippen molar-refractivity contribution in [1.82, 2.24) is 0 Å². The van der Waals surface area contributed by atoms with Crippen LogP contribution in [0, 0.1) is 0 Å². The summed E-state index contributed by atoms with van der Waals surface area (Å²) >= 11 is 0. The summed E-state index contributed by atoms with van der Waals surface area (Å²) in [5, 5.41) is 41.7. The first kappa shape index (κ1) is 38.9. The fraction of sp³-hybridized carbons (Fsp3) is 0.865. The highest BCUT2D eigenvalue weighted by Crippen LogP contribution is 2.28. The molecule has 2 aliphatic heterocycles. The molecule has 0 saturated carbocycles. The van der Waals surface area contributed by atoms with Crippen LogP contribution in [0.5, 0.6) is 0 Å². The van der Waals surface area contributed by atoms with Crippen molar-refractivity contribution in [2.24, 2.45) is 0 Å². The van der Waals surface area contributed by atoms with Gasteiger partial charge in [-0.1, -0.05) is 96.1 Å². The lowest BCUT2D eigenvalue weighted by atomic mass is 9.99. The van der Waals surface area contributed by atoms with Crippen LogP contribution in [-0.2, 0) is 14.3 Å². The molecule has 0 aliphatic carbocycles. The van der Waals surface area contributed by atoms with Crippen molar-refractivity contribution < 1.29 is 34.7 Å². The molecule has 0 aromatic carbocycles. The number of ether oxygens (including phenoxy) is 2. The molecule has 0 bridgehead atoms. The van der Waals surface area contributed by atoms with Crippen molar-refractivity contribution in [3.8, 4) is 0 Å². The van der Waals surface area contributed by atoms with Crippen LogP contribution in [0.1, 0.15) is 162 Å². The average Bonchev–Trinajstić information content (AvgIpc) is 3.61. The minimum absolute atomic E-state index is 0.184. The summed E-state index contributed by atoms with van der Waals surface area (Å²) in [4.78, 5) is 11.7. The monoisotopic (exact) mass is 622 g/mol. The molecule has 0 aromatic heterocycles. The Morgan fingerprint density at radius 3 is 1.95 bits per heavy atom. The van der Waals surface area contributed by atoms with E-state index in [4.69, 9.17) is 9.47 Å². The minimum Gasteiger partial charge on any atom is -0.455 e. The van der Waals surface area contributed by atoms with Gasteiger partial charge >= 0.3 is 5.97 Å². The number of allylic oxidation sites excluding steroid dienone is 1. The molecule has 7 atom stereocenters. The second-order valence-electron chi connectivity index (χ2n) is 13.5. The summed E-state index contributed by atoms with van der Waals surface area (Å²) in [5.74, 6) is -0.333. The van der Waals surface area contributed by atoms with Crippen LogP contribution < -0.4 is 0 Å². The lowest BCUT2D eigenvalue weighted by molar-refractivity contribution is -0.139. The molecular weight excluding hydrogens is 556 g/mol. The molecule has 7 unspecified atom stereocenters. The Balaban J connectivity index is 1.41. The Hall–Kier alpha value is -1.25. The van der Waals surface area contributed by atoms with E-state index in [0.29, 0.717) is 37.7 Å². The summed E-state index contributed by atoms with van der Waals surface area (Å²) in [6.45, 7) is 4.07. The van der Waals surface area contributed by atoms with E-state index < -0.39 is 18.3 Å². The van der Waals surface area contributed by atoms with Gasteiger partial charge in [0.05, 0.1) is 36.6 Å². The molecule has 0 amide bonds. The van der Waals surface area contributed by atoms with E-state index >= 15 is 0 Å². The molecule has 44 heavy (non-hydrogen) atoms. The normalized spacial score (nSPS) is 23.2. The third kappa shape index (κ3) is 17.4. The maximum absolute atomic E-state index is 11.7. The Bertz CT molecular complexity index is 797. The first-order valence-corrected chi connectivity index (χ1v) is 18.2. The van der Waals surface area contributed by atoms with E-state index in [0.717, 1.165) is 57.8 Å². The van der Waals surface area contributed by atoms with Gasteiger partial charge in [-0.15, -0.1) is 0 Å². The molecule has 0 radical (unpaired) electrons. The van der Waals surface area contributed by atoms with Gasteiger partial charge in [0.25, 0.3) is 0 Å². The Labute approximate surface area is 268 Å². The Morgan fingerprint density at radius 2 is 1.30 bits per heavy atom. The zero-order valence-corrected chi connectivity index (χ0v) is 28.1. The third-order valence-corrected chi connectivity index (χ3v) is 9.27. The number of hydrogen-bond acceptors (Lipinski definition) is 7. The minimum atomic E-state index is -0.587. The lowest BCUT2D eigenvalue weighted by Gasteiger charge is -2.21. The van der Waals surface area contributed by atoms with Crippen LogP contribution in [0.15, 0.2) is 23.8 Å². The van der Waals surface area contributed by atoms with Gasteiger partial charge in [-0.3, -0.25) is 0 Å². The van der Waals surface area contributed by atoms with E-state index in [1.165, 1.54) is 57.8 Å². The summed E-state index contributed by atoms with van der Waals surface area (Å²) in [5.41, 5.74) is 0.551. The van der Waals surface area contributed by atoms with E-state index in [-0.39, 0.29) is 30.4 Å². The van der Waals surface area contributed by atoms with Gasteiger partial charge in [-0.2, -0.15) is 0 Å². The predicted octanol–water partition coefficient (Wildman–Crippen LogP) is 7.62. The lowest BCUT2D eigenvalue weighted by Crippen LogP contribution is -2.30. The largest absolute Gasteiger partial charge is 0.455 e. The van der Waals surface area contributed by atoms with Crippen molar-refractivity contribution in [3.63, 3.8) is 0 Å².